The average molecular weight is 271 g/mol. The molecule has 2 atom stereocenters. The van der Waals surface area contributed by atoms with Crippen molar-refractivity contribution in [2.45, 2.75) is 56.2 Å². The van der Waals surface area contributed by atoms with Crippen LogP contribution in [0, 0.1) is 0 Å². The van der Waals surface area contributed by atoms with Crippen molar-refractivity contribution >= 4 is 23.6 Å². The Morgan fingerprint density at radius 3 is 2.78 bits per heavy atom. The molecule has 5 heteroatoms. The molecule has 0 spiro atoms. The van der Waals surface area contributed by atoms with E-state index in [1.807, 2.05) is 11.8 Å². The highest BCUT2D eigenvalue weighted by Gasteiger charge is 2.42. The zero-order valence-electron chi connectivity index (χ0n) is 10.9. The fourth-order valence-electron chi connectivity index (χ4n) is 2.93. The topological polar surface area (TPSA) is 57.6 Å². The second kappa shape index (κ2) is 5.51. The van der Waals surface area contributed by atoms with Crippen molar-refractivity contribution in [2.24, 2.45) is 0 Å². The molecule has 0 radical (unpaired) electrons. The zero-order valence-corrected chi connectivity index (χ0v) is 11.7. The first-order valence-corrected chi connectivity index (χ1v) is 7.68. The Balaban J connectivity index is 2.08. The standard InChI is InChI=1S/C13H21NO3S/c1-13(6-4-8-18-13)12(17)14-7-3-2-5-10(14)9-11(15)16/h10H,2-9H2,1H3,(H,15,16). The van der Waals surface area contributed by atoms with Gasteiger partial charge in [0, 0.05) is 12.6 Å². The Hall–Kier alpha value is -0.710. The molecule has 0 saturated carbocycles. The van der Waals surface area contributed by atoms with Crippen LogP contribution >= 0.6 is 11.8 Å². The van der Waals surface area contributed by atoms with Crippen LogP contribution in [0.15, 0.2) is 0 Å². The van der Waals surface area contributed by atoms with Gasteiger partial charge in [-0.15, -0.1) is 11.8 Å². The third-order valence-corrected chi connectivity index (χ3v) is 5.48. The van der Waals surface area contributed by atoms with E-state index in [-0.39, 0.29) is 23.1 Å². The van der Waals surface area contributed by atoms with E-state index in [1.165, 1.54) is 0 Å². The summed E-state index contributed by atoms with van der Waals surface area (Å²) in [7, 11) is 0. The maximum Gasteiger partial charge on any atom is 0.305 e. The molecule has 0 aromatic heterocycles. The molecule has 102 valence electrons. The number of carbonyl (C=O) groups excluding carboxylic acids is 1. The van der Waals surface area contributed by atoms with Crippen molar-refractivity contribution in [1.29, 1.82) is 0 Å². The van der Waals surface area contributed by atoms with Gasteiger partial charge in [0.2, 0.25) is 5.91 Å². The molecule has 2 heterocycles. The van der Waals surface area contributed by atoms with E-state index in [1.54, 1.807) is 11.8 Å². The fourth-order valence-corrected chi connectivity index (χ4v) is 4.20. The van der Waals surface area contributed by atoms with Gasteiger partial charge in [-0.05, 0) is 44.8 Å². The molecule has 1 amide bonds. The molecule has 4 nitrogen and oxygen atoms in total. The number of carboxylic acids is 1. The molecule has 1 N–H and O–H groups in total. The minimum Gasteiger partial charge on any atom is -0.481 e. The number of amides is 1. The number of nitrogens with zero attached hydrogens (tertiary/aromatic N) is 1. The van der Waals surface area contributed by atoms with Crippen LogP contribution in [-0.2, 0) is 9.59 Å². The van der Waals surface area contributed by atoms with Crippen molar-refractivity contribution in [1.82, 2.24) is 4.90 Å². The monoisotopic (exact) mass is 271 g/mol. The van der Waals surface area contributed by atoms with E-state index in [0.717, 1.165) is 44.4 Å². The maximum absolute atomic E-state index is 12.6. The second-order valence-electron chi connectivity index (χ2n) is 5.43. The van der Waals surface area contributed by atoms with Crippen molar-refractivity contribution in [3.8, 4) is 0 Å². The van der Waals surface area contributed by atoms with Crippen molar-refractivity contribution in [3.05, 3.63) is 0 Å². The molecule has 2 saturated heterocycles. The van der Waals surface area contributed by atoms with Gasteiger partial charge in [0.25, 0.3) is 0 Å². The molecule has 2 aliphatic rings. The van der Waals surface area contributed by atoms with E-state index in [0.29, 0.717) is 0 Å². The molecule has 0 aromatic rings. The lowest BCUT2D eigenvalue weighted by molar-refractivity contribution is -0.142. The third-order valence-electron chi connectivity index (χ3n) is 3.97. The van der Waals surface area contributed by atoms with E-state index in [4.69, 9.17) is 5.11 Å². The van der Waals surface area contributed by atoms with Gasteiger partial charge in [-0.2, -0.15) is 0 Å². The van der Waals surface area contributed by atoms with E-state index in [9.17, 15) is 9.59 Å². The molecule has 2 unspecified atom stereocenters. The van der Waals surface area contributed by atoms with Crippen molar-refractivity contribution in [2.75, 3.05) is 12.3 Å². The highest BCUT2D eigenvalue weighted by molar-refractivity contribution is 8.01. The number of likely N-dealkylation sites (tertiary alicyclic amines) is 1. The van der Waals surface area contributed by atoms with E-state index < -0.39 is 5.97 Å². The molecule has 0 bridgehead atoms. The summed E-state index contributed by atoms with van der Waals surface area (Å²) in [6.45, 7) is 2.74. The van der Waals surface area contributed by atoms with Crippen LogP contribution < -0.4 is 0 Å². The molecule has 2 fully saturated rings. The van der Waals surface area contributed by atoms with Gasteiger partial charge < -0.3 is 10.0 Å². The third kappa shape index (κ3) is 2.82. The van der Waals surface area contributed by atoms with Crippen LogP contribution in [0.4, 0.5) is 0 Å². The first kappa shape index (κ1) is 13.7. The summed E-state index contributed by atoms with van der Waals surface area (Å²) in [5, 5.41) is 8.95. The van der Waals surface area contributed by atoms with Crippen LogP contribution in [0.2, 0.25) is 0 Å². The first-order chi connectivity index (χ1) is 8.53. The zero-order chi connectivity index (χ0) is 13.2. The highest BCUT2D eigenvalue weighted by atomic mass is 32.2. The first-order valence-electron chi connectivity index (χ1n) is 6.70. The van der Waals surface area contributed by atoms with E-state index >= 15 is 0 Å². The van der Waals surface area contributed by atoms with Gasteiger partial charge in [-0.3, -0.25) is 9.59 Å². The SMILES string of the molecule is CC1(C(=O)N2CCCCC2CC(=O)O)CCCS1. The van der Waals surface area contributed by atoms with Gasteiger partial charge in [-0.25, -0.2) is 0 Å². The number of hydrogen-bond acceptors (Lipinski definition) is 3. The average Bonchev–Trinajstić information content (AvgIpc) is 2.76. The Morgan fingerprint density at radius 1 is 1.39 bits per heavy atom. The van der Waals surface area contributed by atoms with Crippen molar-refractivity contribution < 1.29 is 14.7 Å². The van der Waals surface area contributed by atoms with Crippen LogP contribution in [0.1, 0.15) is 45.4 Å². The molecular weight excluding hydrogens is 250 g/mol. The van der Waals surface area contributed by atoms with Crippen LogP contribution in [0.25, 0.3) is 0 Å². The molecule has 2 aliphatic heterocycles. The normalized spacial score (nSPS) is 32.5. The van der Waals surface area contributed by atoms with Gasteiger partial charge in [0.05, 0.1) is 11.2 Å². The summed E-state index contributed by atoms with van der Waals surface area (Å²) in [6.07, 6.45) is 4.97. The number of rotatable bonds is 3. The number of carbonyl (C=O) groups is 2. The molecule has 18 heavy (non-hydrogen) atoms. The van der Waals surface area contributed by atoms with Crippen molar-refractivity contribution in [3.63, 3.8) is 0 Å². The number of thioether (sulfide) groups is 1. The lowest BCUT2D eigenvalue weighted by Gasteiger charge is -2.39. The summed E-state index contributed by atoms with van der Waals surface area (Å²) < 4.78 is -0.311. The Kier molecular flexibility index (Phi) is 4.20. The minimum absolute atomic E-state index is 0.0898. The summed E-state index contributed by atoms with van der Waals surface area (Å²) in [5.74, 6) is 0.402. The summed E-state index contributed by atoms with van der Waals surface area (Å²) >= 11 is 1.73. The highest BCUT2D eigenvalue weighted by Crippen LogP contribution is 2.40. The van der Waals surface area contributed by atoms with Gasteiger partial charge in [0.1, 0.15) is 0 Å². The smallest absolute Gasteiger partial charge is 0.305 e. The quantitative estimate of drug-likeness (QED) is 0.854. The number of piperidine rings is 1. The Morgan fingerprint density at radius 2 is 2.17 bits per heavy atom. The molecule has 0 aliphatic carbocycles. The minimum atomic E-state index is -0.802. The molecular formula is C13H21NO3S. The maximum atomic E-state index is 12.6. The summed E-state index contributed by atoms with van der Waals surface area (Å²) in [6, 6.07) is -0.0956. The number of hydrogen-bond donors (Lipinski definition) is 1. The fraction of sp³-hybridized carbons (Fsp3) is 0.846. The lowest BCUT2D eigenvalue weighted by Crippen LogP contribution is -2.51. The number of carboxylic acid groups (broad SMARTS) is 1. The summed E-state index contributed by atoms with van der Waals surface area (Å²) in [4.78, 5) is 25.4. The molecule has 2 rings (SSSR count). The summed E-state index contributed by atoms with van der Waals surface area (Å²) in [5.41, 5.74) is 0. The number of aliphatic carboxylic acids is 1. The van der Waals surface area contributed by atoms with Gasteiger partial charge >= 0.3 is 5.97 Å². The lowest BCUT2D eigenvalue weighted by atomic mass is 9.95. The van der Waals surface area contributed by atoms with Crippen LogP contribution in [0.5, 0.6) is 0 Å². The van der Waals surface area contributed by atoms with Gasteiger partial charge in [-0.1, -0.05) is 0 Å². The van der Waals surface area contributed by atoms with E-state index in [2.05, 4.69) is 0 Å². The second-order valence-corrected chi connectivity index (χ2v) is 7.03. The largest absolute Gasteiger partial charge is 0.481 e. The Labute approximate surface area is 112 Å². The predicted molar refractivity (Wildman–Crippen MR) is 71.7 cm³/mol. The Bertz CT molecular complexity index is 339. The predicted octanol–water partition coefficient (Wildman–Crippen LogP) is 2.13. The molecule has 0 aromatic carbocycles. The van der Waals surface area contributed by atoms with Gasteiger partial charge in [0.15, 0.2) is 0 Å². The van der Waals surface area contributed by atoms with Crippen LogP contribution in [-0.4, -0.2) is 45.0 Å². The van der Waals surface area contributed by atoms with Crippen LogP contribution in [0.3, 0.4) is 0 Å².